The van der Waals surface area contributed by atoms with Gasteiger partial charge in [0.15, 0.2) is 0 Å². The van der Waals surface area contributed by atoms with Crippen molar-refractivity contribution in [2.24, 2.45) is 4.99 Å². The molecule has 92 valence electrons. The maximum Gasteiger partial charge on any atom is 0.0904 e. The number of nitrogens with zero attached hydrogens (tertiary/aromatic N) is 2. The standard InChI is InChI=1S/C16H11BrN2/c1-18-16-10-5-2-3-7-13(10)19-14-8-4-6-12(17)11(14)9-15(16)19/h2-9H,1H3/b18-16+. The Morgan fingerprint density at radius 2 is 1.89 bits per heavy atom. The molecule has 2 heterocycles. The molecular formula is C16H11BrN2. The first-order valence-electron chi connectivity index (χ1n) is 6.18. The molecule has 0 saturated heterocycles. The Bertz CT molecular complexity index is 843. The molecule has 0 saturated carbocycles. The summed E-state index contributed by atoms with van der Waals surface area (Å²) in [5, 5.41) is 1.23. The molecule has 0 radical (unpaired) electrons. The molecule has 3 heteroatoms. The van der Waals surface area contributed by atoms with Crippen LogP contribution in [0.15, 0.2) is 58.0 Å². The van der Waals surface area contributed by atoms with Crippen LogP contribution in [-0.2, 0) is 0 Å². The highest BCUT2D eigenvalue weighted by molar-refractivity contribution is 9.10. The van der Waals surface area contributed by atoms with Gasteiger partial charge < -0.3 is 4.57 Å². The van der Waals surface area contributed by atoms with Crippen molar-refractivity contribution in [3.05, 3.63) is 64.3 Å². The van der Waals surface area contributed by atoms with Gasteiger partial charge in [0.25, 0.3) is 0 Å². The number of halogens is 1. The van der Waals surface area contributed by atoms with E-state index in [1.54, 1.807) is 0 Å². The molecule has 0 amide bonds. The quantitative estimate of drug-likeness (QED) is 0.464. The summed E-state index contributed by atoms with van der Waals surface area (Å²) in [6.07, 6.45) is 0. The largest absolute Gasteiger partial charge is 0.307 e. The average molecular weight is 311 g/mol. The van der Waals surface area contributed by atoms with E-state index in [1.807, 2.05) is 7.05 Å². The van der Waals surface area contributed by atoms with Crippen molar-refractivity contribution in [2.75, 3.05) is 7.05 Å². The van der Waals surface area contributed by atoms with Gasteiger partial charge in [-0.05, 0) is 24.3 Å². The van der Waals surface area contributed by atoms with Crippen LogP contribution < -0.4 is 0 Å². The van der Waals surface area contributed by atoms with Crippen LogP contribution in [0.4, 0.5) is 0 Å². The van der Waals surface area contributed by atoms with E-state index >= 15 is 0 Å². The Hall–Kier alpha value is -1.87. The molecule has 1 aliphatic rings. The lowest BCUT2D eigenvalue weighted by atomic mass is 10.1. The summed E-state index contributed by atoms with van der Waals surface area (Å²) in [5.74, 6) is 0. The van der Waals surface area contributed by atoms with Crippen molar-refractivity contribution in [3.8, 4) is 5.69 Å². The van der Waals surface area contributed by atoms with Crippen molar-refractivity contribution in [2.45, 2.75) is 0 Å². The Kier molecular flexibility index (Phi) is 2.21. The fourth-order valence-electron chi connectivity index (χ4n) is 2.87. The van der Waals surface area contributed by atoms with E-state index in [2.05, 4.69) is 74.0 Å². The predicted molar refractivity (Wildman–Crippen MR) is 82.5 cm³/mol. The van der Waals surface area contributed by atoms with Crippen LogP contribution in [0.25, 0.3) is 16.6 Å². The smallest absolute Gasteiger partial charge is 0.0904 e. The van der Waals surface area contributed by atoms with Crippen LogP contribution in [-0.4, -0.2) is 17.3 Å². The lowest BCUT2D eigenvalue weighted by molar-refractivity contribution is 1.14. The Morgan fingerprint density at radius 3 is 2.74 bits per heavy atom. The van der Waals surface area contributed by atoms with Gasteiger partial charge in [-0.15, -0.1) is 0 Å². The topological polar surface area (TPSA) is 17.3 Å². The molecule has 0 bridgehead atoms. The zero-order valence-corrected chi connectivity index (χ0v) is 12.0. The molecule has 0 fully saturated rings. The molecule has 2 aromatic carbocycles. The van der Waals surface area contributed by atoms with Gasteiger partial charge in [-0.1, -0.05) is 40.2 Å². The summed E-state index contributed by atoms with van der Waals surface area (Å²) in [6, 6.07) is 16.9. The summed E-state index contributed by atoms with van der Waals surface area (Å²) in [4.78, 5) is 4.48. The van der Waals surface area contributed by atoms with Gasteiger partial charge in [0.1, 0.15) is 0 Å². The number of rotatable bonds is 0. The molecule has 3 aromatic rings. The molecule has 4 rings (SSSR count). The average Bonchev–Trinajstić information content (AvgIpc) is 2.94. The van der Waals surface area contributed by atoms with Crippen LogP contribution in [0.2, 0.25) is 0 Å². The maximum atomic E-state index is 4.48. The third-order valence-corrected chi connectivity index (χ3v) is 4.35. The summed E-state index contributed by atoms with van der Waals surface area (Å²) in [7, 11) is 1.86. The first-order valence-corrected chi connectivity index (χ1v) is 6.97. The molecule has 2 nitrogen and oxygen atoms in total. The van der Waals surface area contributed by atoms with Gasteiger partial charge in [-0.2, -0.15) is 0 Å². The normalized spacial score (nSPS) is 14.9. The van der Waals surface area contributed by atoms with Crippen LogP contribution in [0.1, 0.15) is 11.3 Å². The first kappa shape index (κ1) is 11.0. The van der Waals surface area contributed by atoms with E-state index in [0.717, 1.165) is 10.2 Å². The van der Waals surface area contributed by atoms with Crippen molar-refractivity contribution < 1.29 is 0 Å². The minimum Gasteiger partial charge on any atom is -0.307 e. The summed E-state index contributed by atoms with van der Waals surface area (Å²) in [5.41, 5.74) is 5.88. The van der Waals surface area contributed by atoms with Gasteiger partial charge in [0, 0.05) is 22.5 Å². The third kappa shape index (κ3) is 1.33. The van der Waals surface area contributed by atoms with E-state index in [-0.39, 0.29) is 0 Å². The molecule has 0 spiro atoms. The highest BCUT2D eigenvalue weighted by Gasteiger charge is 2.26. The first-order chi connectivity index (χ1) is 9.31. The minimum absolute atomic E-state index is 1.07. The summed E-state index contributed by atoms with van der Waals surface area (Å²) < 4.78 is 3.41. The second-order valence-corrected chi connectivity index (χ2v) is 5.48. The highest BCUT2D eigenvalue weighted by atomic mass is 79.9. The fourth-order valence-corrected chi connectivity index (χ4v) is 3.34. The molecule has 0 N–H and O–H groups in total. The third-order valence-electron chi connectivity index (χ3n) is 3.66. The molecule has 0 unspecified atom stereocenters. The predicted octanol–water partition coefficient (Wildman–Crippen LogP) is 4.17. The maximum absolute atomic E-state index is 4.48. The second kappa shape index (κ2) is 3.81. The van der Waals surface area contributed by atoms with Gasteiger partial charge in [-0.3, -0.25) is 4.99 Å². The lowest BCUT2D eigenvalue weighted by Gasteiger charge is -2.04. The number of hydrogen-bond donors (Lipinski definition) is 0. The van der Waals surface area contributed by atoms with Gasteiger partial charge in [0.05, 0.1) is 22.6 Å². The van der Waals surface area contributed by atoms with Crippen LogP contribution >= 0.6 is 15.9 Å². The van der Waals surface area contributed by atoms with Crippen molar-refractivity contribution in [1.82, 2.24) is 4.57 Å². The van der Waals surface area contributed by atoms with E-state index in [0.29, 0.717) is 0 Å². The van der Waals surface area contributed by atoms with Crippen molar-refractivity contribution in [1.29, 1.82) is 0 Å². The molecule has 1 aliphatic heterocycles. The number of para-hydroxylation sites is 1. The number of aromatic nitrogens is 1. The van der Waals surface area contributed by atoms with Gasteiger partial charge in [-0.25, -0.2) is 0 Å². The zero-order chi connectivity index (χ0) is 13.0. The Morgan fingerprint density at radius 1 is 1.05 bits per heavy atom. The van der Waals surface area contributed by atoms with Crippen LogP contribution in [0.5, 0.6) is 0 Å². The van der Waals surface area contributed by atoms with Crippen LogP contribution in [0.3, 0.4) is 0 Å². The zero-order valence-electron chi connectivity index (χ0n) is 10.4. The summed E-state index contributed by atoms with van der Waals surface area (Å²) >= 11 is 3.63. The monoisotopic (exact) mass is 310 g/mol. The SMILES string of the molecule is C/N=C1\c2ccccc2-n2c1cc1c(Br)cccc12. The molecule has 1 aromatic heterocycles. The summed E-state index contributed by atoms with van der Waals surface area (Å²) in [6.45, 7) is 0. The Balaban J connectivity index is 2.21. The number of aliphatic imine (C=N–C) groups is 1. The van der Waals surface area contributed by atoms with E-state index in [1.165, 1.54) is 27.8 Å². The number of benzene rings is 2. The molecule has 19 heavy (non-hydrogen) atoms. The minimum atomic E-state index is 1.07. The van der Waals surface area contributed by atoms with Crippen molar-refractivity contribution >= 4 is 32.5 Å². The van der Waals surface area contributed by atoms with Crippen LogP contribution in [0, 0.1) is 0 Å². The van der Waals surface area contributed by atoms with E-state index in [9.17, 15) is 0 Å². The number of fused-ring (bicyclic) bond motifs is 5. The molecule has 0 aliphatic carbocycles. The highest BCUT2D eigenvalue weighted by Crippen LogP contribution is 2.36. The van der Waals surface area contributed by atoms with Gasteiger partial charge >= 0.3 is 0 Å². The van der Waals surface area contributed by atoms with E-state index < -0.39 is 0 Å². The van der Waals surface area contributed by atoms with E-state index in [4.69, 9.17) is 0 Å². The fraction of sp³-hybridized carbons (Fsp3) is 0.0625. The number of hydrogen-bond acceptors (Lipinski definition) is 1. The molecular weight excluding hydrogens is 300 g/mol. The molecule has 0 atom stereocenters. The lowest BCUT2D eigenvalue weighted by Crippen LogP contribution is -1.97. The van der Waals surface area contributed by atoms with Crippen molar-refractivity contribution in [3.63, 3.8) is 0 Å². The Labute approximate surface area is 119 Å². The second-order valence-electron chi connectivity index (χ2n) is 4.63. The van der Waals surface area contributed by atoms with Gasteiger partial charge in [0.2, 0.25) is 0 Å².